The van der Waals surface area contributed by atoms with E-state index in [0.29, 0.717) is 18.9 Å². The van der Waals surface area contributed by atoms with Crippen molar-refractivity contribution < 1.29 is 9.21 Å². The molecule has 2 amide bonds. The first-order chi connectivity index (χ1) is 7.37. The van der Waals surface area contributed by atoms with Crippen LogP contribution in [-0.4, -0.2) is 23.1 Å². The molecule has 90 valence electrons. The Labute approximate surface area is 95.6 Å². The Balaban J connectivity index is 2.23. The number of amides is 2. The van der Waals surface area contributed by atoms with Crippen molar-refractivity contribution in [3.8, 4) is 0 Å². The number of aromatic nitrogens is 1. The third-order valence-electron chi connectivity index (χ3n) is 1.82. The van der Waals surface area contributed by atoms with Crippen molar-refractivity contribution in [2.24, 2.45) is 0 Å². The molecule has 0 radical (unpaired) electrons. The van der Waals surface area contributed by atoms with E-state index in [-0.39, 0.29) is 11.6 Å². The van der Waals surface area contributed by atoms with Crippen molar-refractivity contribution in [1.29, 1.82) is 0 Å². The monoisotopic (exact) mass is 225 g/mol. The molecular formula is C11H19N3O2. The number of oxazole rings is 1. The van der Waals surface area contributed by atoms with Crippen molar-refractivity contribution in [2.75, 3.05) is 6.54 Å². The number of nitrogens with zero attached hydrogens (tertiary/aromatic N) is 1. The van der Waals surface area contributed by atoms with Crippen LogP contribution in [0.15, 0.2) is 10.7 Å². The Kier molecular flexibility index (Phi) is 3.93. The normalized spacial score (nSPS) is 11.2. The first-order valence-corrected chi connectivity index (χ1v) is 5.34. The number of hydrogen-bond donors (Lipinski definition) is 2. The molecule has 0 atom stereocenters. The number of carbonyl (C=O) groups is 1. The Hall–Kier alpha value is -1.52. The summed E-state index contributed by atoms with van der Waals surface area (Å²) in [6.45, 7) is 8.16. The van der Waals surface area contributed by atoms with Gasteiger partial charge in [-0.2, -0.15) is 0 Å². The molecular weight excluding hydrogens is 206 g/mol. The Bertz CT molecular complexity index is 352. The first kappa shape index (κ1) is 12.5. The van der Waals surface area contributed by atoms with Gasteiger partial charge in [0.1, 0.15) is 6.26 Å². The highest BCUT2D eigenvalue weighted by molar-refractivity contribution is 5.74. The summed E-state index contributed by atoms with van der Waals surface area (Å²) in [6.07, 6.45) is 2.29. The molecule has 1 aromatic heterocycles. The predicted molar refractivity (Wildman–Crippen MR) is 61.2 cm³/mol. The van der Waals surface area contributed by atoms with E-state index < -0.39 is 0 Å². The summed E-state index contributed by atoms with van der Waals surface area (Å²) >= 11 is 0. The second-order valence-corrected chi connectivity index (χ2v) is 4.74. The van der Waals surface area contributed by atoms with Crippen molar-refractivity contribution in [2.45, 2.75) is 39.7 Å². The summed E-state index contributed by atoms with van der Waals surface area (Å²) < 4.78 is 5.06. The van der Waals surface area contributed by atoms with E-state index in [4.69, 9.17) is 4.42 Å². The van der Waals surface area contributed by atoms with Crippen molar-refractivity contribution in [3.05, 3.63) is 17.8 Å². The average Bonchev–Trinajstić information content (AvgIpc) is 2.48. The van der Waals surface area contributed by atoms with E-state index in [1.165, 1.54) is 0 Å². The van der Waals surface area contributed by atoms with Gasteiger partial charge in [-0.15, -0.1) is 0 Å². The van der Waals surface area contributed by atoms with Gasteiger partial charge >= 0.3 is 6.03 Å². The van der Waals surface area contributed by atoms with Crippen molar-refractivity contribution >= 4 is 6.03 Å². The van der Waals surface area contributed by atoms with Gasteiger partial charge in [-0.3, -0.25) is 0 Å². The smallest absolute Gasteiger partial charge is 0.315 e. The molecule has 0 aliphatic heterocycles. The van der Waals surface area contributed by atoms with Crippen LogP contribution in [0.2, 0.25) is 0 Å². The van der Waals surface area contributed by atoms with E-state index in [9.17, 15) is 4.79 Å². The zero-order valence-electron chi connectivity index (χ0n) is 10.3. The highest BCUT2D eigenvalue weighted by Crippen LogP contribution is 2.00. The fourth-order valence-electron chi connectivity index (χ4n) is 1.21. The van der Waals surface area contributed by atoms with E-state index in [2.05, 4.69) is 15.6 Å². The maximum atomic E-state index is 11.4. The largest absolute Gasteiger partial charge is 0.449 e. The van der Waals surface area contributed by atoms with Gasteiger partial charge < -0.3 is 15.1 Å². The fraction of sp³-hybridized carbons (Fsp3) is 0.636. The number of aryl methyl sites for hydroxylation is 1. The molecule has 0 bridgehead atoms. The molecule has 16 heavy (non-hydrogen) atoms. The van der Waals surface area contributed by atoms with Crippen LogP contribution in [0, 0.1) is 6.92 Å². The van der Waals surface area contributed by atoms with Gasteiger partial charge in [0.15, 0.2) is 5.89 Å². The molecule has 5 nitrogen and oxygen atoms in total. The van der Waals surface area contributed by atoms with E-state index in [1.807, 2.05) is 20.8 Å². The average molecular weight is 225 g/mol. The molecule has 1 rings (SSSR count). The summed E-state index contributed by atoms with van der Waals surface area (Å²) in [5.74, 6) is 0.647. The third-order valence-corrected chi connectivity index (χ3v) is 1.82. The lowest BCUT2D eigenvalue weighted by molar-refractivity contribution is 0.232. The SMILES string of the molecule is Cc1nc(CCNC(=O)NC(C)(C)C)co1. The van der Waals surface area contributed by atoms with Gasteiger partial charge in [-0.05, 0) is 20.8 Å². The molecule has 2 N–H and O–H groups in total. The highest BCUT2D eigenvalue weighted by atomic mass is 16.3. The van der Waals surface area contributed by atoms with E-state index in [0.717, 1.165) is 5.69 Å². The quantitative estimate of drug-likeness (QED) is 0.821. The number of urea groups is 1. The van der Waals surface area contributed by atoms with Crippen LogP contribution in [0.1, 0.15) is 32.4 Å². The summed E-state index contributed by atoms with van der Waals surface area (Å²) in [5.41, 5.74) is 0.641. The Morgan fingerprint density at radius 3 is 2.69 bits per heavy atom. The first-order valence-electron chi connectivity index (χ1n) is 5.34. The van der Waals surface area contributed by atoms with Crippen LogP contribution in [0.3, 0.4) is 0 Å². The molecule has 0 aliphatic carbocycles. The second-order valence-electron chi connectivity index (χ2n) is 4.74. The predicted octanol–water partition coefficient (Wildman–Crippen LogP) is 1.62. The number of nitrogens with one attached hydrogen (secondary N) is 2. The number of hydrogen-bond acceptors (Lipinski definition) is 3. The van der Waals surface area contributed by atoms with Crippen LogP contribution < -0.4 is 10.6 Å². The number of rotatable bonds is 3. The van der Waals surface area contributed by atoms with Gasteiger partial charge in [0.25, 0.3) is 0 Å². The highest BCUT2D eigenvalue weighted by Gasteiger charge is 2.12. The van der Waals surface area contributed by atoms with Crippen LogP contribution in [-0.2, 0) is 6.42 Å². The summed E-state index contributed by atoms with van der Waals surface area (Å²) in [7, 11) is 0. The maximum absolute atomic E-state index is 11.4. The topological polar surface area (TPSA) is 67.2 Å². The summed E-state index contributed by atoms with van der Waals surface area (Å²) in [5, 5.41) is 5.58. The summed E-state index contributed by atoms with van der Waals surface area (Å²) in [4.78, 5) is 15.5. The van der Waals surface area contributed by atoms with Crippen LogP contribution in [0.4, 0.5) is 4.79 Å². The number of carbonyl (C=O) groups excluding carboxylic acids is 1. The van der Waals surface area contributed by atoms with Crippen LogP contribution in [0.25, 0.3) is 0 Å². The standard InChI is InChI=1S/C11H19N3O2/c1-8-13-9(7-16-8)5-6-12-10(15)14-11(2,3)4/h7H,5-6H2,1-4H3,(H2,12,14,15). The van der Waals surface area contributed by atoms with Gasteiger partial charge in [-0.1, -0.05) is 0 Å². The van der Waals surface area contributed by atoms with Crippen LogP contribution >= 0.6 is 0 Å². The minimum Gasteiger partial charge on any atom is -0.449 e. The minimum atomic E-state index is -0.214. The van der Waals surface area contributed by atoms with E-state index in [1.54, 1.807) is 13.2 Å². The zero-order chi connectivity index (χ0) is 12.2. The second kappa shape index (κ2) is 5.01. The molecule has 0 aromatic carbocycles. The lowest BCUT2D eigenvalue weighted by Gasteiger charge is -2.20. The van der Waals surface area contributed by atoms with Gasteiger partial charge in [-0.25, -0.2) is 9.78 Å². The molecule has 0 saturated heterocycles. The third kappa shape index (κ3) is 4.82. The molecule has 0 fully saturated rings. The van der Waals surface area contributed by atoms with Crippen molar-refractivity contribution in [3.63, 3.8) is 0 Å². The molecule has 1 aromatic rings. The lowest BCUT2D eigenvalue weighted by atomic mass is 10.1. The fourth-order valence-corrected chi connectivity index (χ4v) is 1.21. The Morgan fingerprint density at radius 2 is 2.19 bits per heavy atom. The van der Waals surface area contributed by atoms with Crippen LogP contribution in [0.5, 0.6) is 0 Å². The molecule has 0 aliphatic rings. The molecule has 0 saturated carbocycles. The van der Waals surface area contributed by atoms with Gasteiger partial charge in [0, 0.05) is 25.4 Å². The van der Waals surface area contributed by atoms with Crippen molar-refractivity contribution in [1.82, 2.24) is 15.6 Å². The molecule has 5 heteroatoms. The Morgan fingerprint density at radius 1 is 1.50 bits per heavy atom. The molecule has 0 spiro atoms. The summed E-state index contributed by atoms with van der Waals surface area (Å²) in [6, 6.07) is -0.160. The minimum absolute atomic E-state index is 0.160. The zero-order valence-corrected chi connectivity index (χ0v) is 10.3. The van der Waals surface area contributed by atoms with E-state index >= 15 is 0 Å². The van der Waals surface area contributed by atoms with Gasteiger partial charge in [0.05, 0.1) is 5.69 Å². The maximum Gasteiger partial charge on any atom is 0.315 e. The molecule has 1 heterocycles. The lowest BCUT2D eigenvalue weighted by Crippen LogP contribution is -2.46. The molecule has 0 unspecified atom stereocenters. The van der Waals surface area contributed by atoms with Gasteiger partial charge in [0.2, 0.25) is 0 Å².